The van der Waals surface area contributed by atoms with Crippen LogP contribution in [-0.2, 0) is 4.79 Å². The molecular formula is C25H20ClF2N5O2. The van der Waals surface area contributed by atoms with Crippen molar-refractivity contribution >= 4 is 45.1 Å². The number of piperazine rings is 1. The number of fused-ring (bicyclic) bond motifs is 2. The number of rotatable bonds is 4. The maximum absolute atomic E-state index is 16.0. The molecule has 0 spiro atoms. The first-order chi connectivity index (χ1) is 16.9. The van der Waals surface area contributed by atoms with Crippen molar-refractivity contribution in [1.82, 2.24) is 19.9 Å². The lowest BCUT2D eigenvalue weighted by atomic mass is 9.98. The number of amides is 1. The number of anilines is 1. The van der Waals surface area contributed by atoms with E-state index in [1.807, 2.05) is 29.2 Å². The molecule has 0 aliphatic carbocycles. The summed E-state index contributed by atoms with van der Waals surface area (Å²) in [5.41, 5.74) is 1.11. The number of nitrogens with zero attached hydrogens (tertiary/aromatic N) is 5. The Balaban J connectivity index is 1.60. The molecular weight excluding hydrogens is 476 g/mol. The molecule has 0 bridgehead atoms. The first-order valence-corrected chi connectivity index (χ1v) is 11.2. The van der Waals surface area contributed by atoms with Crippen LogP contribution in [-0.4, -0.2) is 59.0 Å². The second-order valence-electron chi connectivity index (χ2n) is 8.04. The van der Waals surface area contributed by atoms with Gasteiger partial charge in [0, 0.05) is 48.3 Å². The molecule has 10 heteroatoms. The number of hydrogen-bond acceptors (Lipinski definition) is 6. The molecule has 0 radical (unpaired) electrons. The summed E-state index contributed by atoms with van der Waals surface area (Å²) in [5.74, 6) is -1.94. The van der Waals surface area contributed by atoms with E-state index in [0.717, 1.165) is 5.39 Å². The van der Waals surface area contributed by atoms with Gasteiger partial charge < -0.3 is 14.5 Å². The van der Waals surface area contributed by atoms with Crippen LogP contribution in [0.4, 0.5) is 14.6 Å². The molecule has 0 atom stereocenters. The second kappa shape index (κ2) is 9.07. The van der Waals surface area contributed by atoms with Crippen LogP contribution in [0.15, 0.2) is 55.0 Å². The Morgan fingerprint density at radius 3 is 2.46 bits per heavy atom. The molecule has 35 heavy (non-hydrogen) atoms. The minimum atomic E-state index is -1.00. The zero-order chi connectivity index (χ0) is 24.7. The highest BCUT2D eigenvalue weighted by Gasteiger charge is 2.27. The summed E-state index contributed by atoms with van der Waals surface area (Å²) in [6.45, 7) is 4.27. The van der Waals surface area contributed by atoms with Gasteiger partial charge in [-0.15, -0.1) is 0 Å². The van der Waals surface area contributed by atoms with Crippen molar-refractivity contribution in [3.63, 3.8) is 0 Å². The number of methoxy groups -OCH3 is 1. The summed E-state index contributed by atoms with van der Waals surface area (Å²) >= 11 is 6.46. The molecule has 0 unspecified atom stereocenters. The van der Waals surface area contributed by atoms with Crippen LogP contribution < -0.4 is 9.64 Å². The van der Waals surface area contributed by atoms with Gasteiger partial charge in [-0.25, -0.2) is 13.8 Å². The summed E-state index contributed by atoms with van der Waals surface area (Å²) in [6, 6.07) is 11.0. The zero-order valence-electron chi connectivity index (χ0n) is 18.8. The number of halogens is 3. The summed E-state index contributed by atoms with van der Waals surface area (Å²) in [6.07, 6.45) is 1.45. The van der Waals surface area contributed by atoms with Gasteiger partial charge in [0.05, 0.1) is 7.11 Å². The molecule has 178 valence electrons. The van der Waals surface area contributed by atoms with Crippen LogP contribution in [0.3, 0.4) is 0 Å². The van der Waals surface area contributed by atoms with Crippen LogP contribution in [0, 0.1) is 5.82 Å². The minimum absolute atomic E-state index is 0.00375. The second-order valence-corrected chi connectivity index (χ2v) is 8.45. The quantitative estimate of drug-likeness (QED) is 0.379. The fourth-order valence-corrected chi connectivity index (χ4v) is 4.60. The number of carbonyl (C=O) groups is 1. The summed E-state index contributed by atoms with van der Waals surface area (Å²) in [5, 5.41) is 2.09. The van der Waals surface area contributed by atoms with E-state index in [1.54, 1.807) is 12.1 Å². The van der Waals surface area contributed by atoms with Crippen LogP contribution >= 0.6 is 11.6 Å². The van der Waals surface area contributed by atoms with E-state index in [9.17, 15) is 9.18 Å². The number of benzene rings is 2. The SMILES string of the molecule is C=C(F)C(=O)N1CCN(c2nc(OC)nc3c(F)c(-c4cccc5cccc(Cl)c45)cnc23)CC1. The molecule has 1 saturated heterocycles. The lowest BCUT2D eigenvalue weighted by Gasteiger charge is -2.35. The molecule has 1 aliphatic rings. The summed E-state index contributed by atoms with van der Waals surface area (Å²) in [7, 11) is 1.40. The third-order valence-corrected chi connectivity index (χ3v) is 6.35. The smallest absolute Gasteiger partial charge is 0.318 e. The van der Waals surface area contributed by atoms with Gasteiger partial charge in [-0.1, -0.05) is 48.5 Å². The third kappa shape index (κ3) is 4.01. The van der Waals surface area contributed by atoms with Crippen molar-refractivity contribution in [3.05, 3.63) is 65.8 Å². The van der Waals surface area contributed by atoms with Crippen molar-refractivity contribution in [2.45, 2.75) is 0 Å². The number of ether oxygens (including phenoxy) is 1. The van der Waals surface area contributed by atoms with E-state index in [1.165, 1.54) is 18.2 Å². The van der Waals surface area contributed by atoms with Crippen LogP contribution in [0.1, 0.15) is 0 Å². The Bertz CT molecular complexity index is 1480. The largest absolute Gasteiger partial charge is 0.467 e. The Morgan fingerprint density at radius 2 is 1.77 bits per heavy atom. The van der Waals surface area contributed by atoms with Crippen molar-refractivity contribution < 1.29 is 18.3 Å². The third-order valence-electron chi connectivity index (χ3n) is 6.04. The van der Waals surface area contributed by atoms with Gasteiger partial charge >= 0.3 is 6.01 Å². The molecule has 4 aromatic rings. The highest BCUT2D eigenvalue weighted by atomic mass is 35.5. The number of carbonyl (C=O) groups excluding carboxylic acids is 1. The van der Waals surface area contributed by atoms with E-state index < -0.39 is 17.6 Å². The normalized spacial score (nSPS) is 13.9. The van der Waals surface area contributed by atoms with Crippen molar-refractivity contribution in [2.75, 3.05) is 38.2 Å². The highest BCUT2D eigenvalue weighted by Crippen LogP contribution is 2.37. The number of pyridine rings is 1. The van der Waals surface area contributed by atoms with E-state index in [4.69, 9.17) is 16.3 Å². The van der Waals surface area contributed by atoms with Gasteiger partial charge in [-0.2, -0.15) is 9.97 Å². The monoisotopic (exact) mass is 495 g/mol. The van der Waals surface area contributed by atoms with Gasteiger partial charge in [0.25, 0.3) is 5.91 Å². The lowest BCUT2D eigenvalue weighted by molar-refractivity contribution is -0.128. The van der Waals surface area contributed by atoms with Crippen molar-refractivity contribution in [2.24, 2.45) is 0 Å². The average molecular weight is 496 g/mol. The molecule has 1 amide bonds. The molecule has 1 aliphatic heterocycles. The van der Waals surface area contributed by atoms with Crippen LogP contribution in [0.2, 0.25) is 5.02 Å². The minimum Gasteiger partial charge on any atom is -0.467 e. The molecule has 2 aromatic carbocycles. The average Bonchev–Trinajstić information content (AvgIpc) is 2.88. The molecule has 2 aromatic heterocycles. The van der Waals surface area contributed by atoms with Gasteiger partial charge in [0.1, 0.15) is 11.0 Å². The summed E-state index contributed by atoms with van der Waals surface area (Å²) < 4.78 is 34.5. The van der Waals surface area contributed by atoms with Crippen LogP contribution in [0.5, 0.6) is 6.01 Å². The zero-order valence-corrected chi connectivity index (χ0v) is 19.5. The van der Waals surface area contributed by atoms with Crippen molar-refractivity contribution in [1.29, 1.82) is 0 Å². The molecule has 7 nitrogen and oxygen atoms in total. The Kier molecular flexibility index (Phi) is 5.94. The highest BCUT2D eigenvalue weighted by molar-refractivity contribution is 6.36. The Morgan fingerprint density at radius 1 is 1.06 bits per heavy atom. The van der Waals surface area contributed by atoms with E-state index in [2.05, 4.69) is 21.5 Å². The Labute approximate surface area is 204 Å². The number of aromatic nitrogens is 3. The maximum Gasteiger partial charge on any atom is 0.318 e. The molecule has 5 rings (SSSR count). The lowest BCUT2D eigenvalue weighted by Crippen LogP contribution is -2.49. The molecule has 0 saturated carbocycles. The van der Waals surface area contributed by atoms with E-state index >= 15 is 4.39 Å². The number of hydrogen-bond donors (Lipinski definition) is 0. The van der Waals surface area contributed by atoms with E-state index in [-0.39, 0.29) is 35.7 Å². The molecule has 0 N–H and O–H groups in total. The van der Waals surface area contributed by atoms with Gasteiger partial charge in [0.2, 0.25) is 0 Å². The standard InChI is InChI=1S/C25H20ClF2N5O2/c1-14(27)24(34)33-11-9-32(10-12-33)23-22-21(30-25(31-23)35-2)20(28)17(13-29-22)16-7-3-5-15-6-4-8-18(26)19(15)16/h3-8,13H,1,9-12H2,2H3. The first-order valence-electron chi connectivity index (χ1n) is 10.9. The Hall–Kier alpha value is -3.85. The van der Waals surface area contributed by atoms with Crippen molar-refractivity contribution in [3.8, 4) is 17.1 Å². The fourth-order valence-electron chi connectivity index (χ4n) is 4.32. The maximum atomic E-state index is 16.0. The predicted octanol–water partition coefficient (Wildman–Crippen LogP) is 4.78. The topological polar surface area (TPSA) is 71.5 Å². The molecule has 1 fully saturated rings. The van der Waals surface area contributed by atoms with Gasteiger partial charge in [-0.05, 0) is 17.0 Å². The van der Waals surface area contributed by atoms with Gasteiger partial charge in [0.15, 0.2) is 17.5 Å². The van der Waals surface area contributed by atoms with E-state index in [0.29, 0.717) is 34.9 Å². The summed E-state index contributed by atoms with van der Waals surface area (Å²) in [4.78, 5) is 28.3. The van der Waals surface area contributed by atoms with Crippen LogP contribution in [0.25, 0.3) is 32.9 Å². The fraction of sp³-hybridized carbons (Fsp3) is 0.200. The first kappa shape index (κ1) is 22.9. The molecule has 3 heterocycles. The van der Waals surface area contributed by atoms with Gasteiger partial charge in [-0.3, -0.25) is 4.79 Å². The predicted molar refractivity (Wildman–Crippen MR) is 131 cm³/mol.